The van der Waals surface area contributed by atoms with Crippen molar-refractivity contribution >= 4 is 27.0 Å². The fourth-order valence-corrected chi connectivity index (χ4v) is 10.4. The monoisotopic (exact) mass is 787 g/mol. The molecule has 5 aromatic rings. The maximum absolute atomic E-state index is 12.9. The molecule has 1 amide bonds. The number of benzene rings is 3. The first kappa shape index (κ1) is 37.4. The number of aromatic nitrogens is 3. The Kier molecular flexibility index (Phi) is 9.59. The zero-order chi connectivity index (χ0) is 39.6. The van der Waals surface area contributed by atoms with Gasteiger partial charge in [0.2, 0.25) is 27.7 Å². The minimum absolute atomic E-state index is 0.00485. The van der Waals surface area contributed by atoms with Crippen molar-refractivity contribution in [3.8, 4) is 45.8 Å². The summed E-state index contributed by atoms with van der Waals surface area (Å²) in [5.41, 5.74) is 10.8. The molecule has 2 N–H and O–H groups in total. The third kappa shape index (κ3) is 6.86. The number of oxazole rings is 1. The molecule has 2 aliphatic carbocycles. The lowest BCUT2D eigenvalue weighted by Crippen LogP contribution is -2.38. The molecule has 1 saturated carbocycles. The van der Waals surface area contributed by atoms with Crippen molar-refractivity contribution in [1.82, 2.24) is 29.5 Å². The Labute approximate surface area is 331 Å². The highest BCUT2D eigenvalue weighted by Gasteiger charge is 2.41. The summed E-state index contributed by atoms with van der Waals surface area (Å²) in [4.78, 5) is 31.9. The molecule has 4 aliphatic rings. The number of nitrogens with zero attached hydrogens (tertiary/aromatic N) is 6. The van der Waals surface area contributed by atoms with Gasteiger partial charge < -0.3 is 14.3 Å². The van der Waals surface area contributed by atoms with E-state index in [2.05, 4.69) is 46.6 Å². The molecule has 2 saturated heterocycles. The number of ether oxygens (including phenoxy) is 1. The Morgan fingerprint density at radius 1 is 1.00 bits per heavy atom. The van der Waals surface area contributed by atoms with Crippen LogP contribution in [0.4, 0.5) is 0 Å². The number of likely N-dealkylation sites (tertiary alicyclic amines) is 2. The normalized spacial score (nSPS) is 21.2. The molecule has 2 aromatic heterocycles. The standard InChI is InChI=1S/C43H45N7O6S/c1-24-29(6-4-8-31(24)37-20-45-38(43(47-37)55-3)23-49-16-15-27(51)22-49)30-7-5-9-32(25(30)2)42-46-36-18-34-33(35(19-44)40(36)56-42)12-13-39(34)50-17-14-26(21-50)41(52)48-57(53,54)28-10-11-28/h4-9,18,20,26-28,39,51H,10-17,21-23H2,1-3H3,(H,48,52)/t26-,27-,39-/m1/s1. The SMILES string of the molecule is COc1nc(-c2cccc(-c3cccc(-c4nc5cc6c(c(C#N)c5o4)CC[C@H]6N4CC[C@@H](C(=O)NS(=O)(=O)C5CC5)C4)c3C)c2C)cnc1CN1CC[C@@H](O)C1. The van der Waals surface area contributed by atoms with Gasteiger partial charge in [0, 0.05) is 43.3 Å². The Balaban J connectivity index is 0.991. The first-order valence-corrected chi connectivity index (χ1v) is 21.2. The van der Waals surface area contributed by atoms with Gasteiger partial charge in [0.25, 0.3) is 0 Å². The van der Waals surface area contributed by atoms with Crippen molar-refractivity contribution in [3.05, 3.63) is 82.2 Å². The smallest absolute Gasteiger partial charge is 0.237 e. The highest BCUT2D eigenvalue weighted by Crippen LogP contribution is 2.44. The lowest BCUT2D eigenvalue weighted by Gasteiger charge is -2.24. The van der Waals surface area contributed by atoms with Gasteiger partial charge >= 0.3 is 0 Å². The Morgan fingerprint density at radius 3 is 2.44 bits per heavy atom. The third-order valence-corrected chi connectivity index (χ3v) is 14.1. The van der Waals surface area contributed by atoms with Crippen molar-refractivity contribution in [1.29, 1.82) is 5.26 Å². The number of rotatable bonds is 10. The van der Waals surface area contributed by atoms with Crippen LogP contribution in [-0.4, -0.2) is 88.8 Å². The van der Waals surface area contributed by atoms with Crippen LogP contribution in [0.2, 0.25) is 0 Å². The van der Waals surface area contributed by atoms with E-state index in [1.165, 1.54) is 0 Å². The van der Waals surface area contributed by atoms with Crippen molar-refractivity contribution < 1.29 is 27.5 Å². The van der Waals surface area contributed by atoms with Crippen molar-refractivity contribution in [2.24, 2.45) is 5.92 Å². The number of aliphatic hydroxyl groups excluding tert-OH is 1. The molecule has 9 rings (SSSR count). The number of nitrogens with one attached hydrogen (secondary N) is 1. The van der Waals surface area contributed by atoms with E-state index in [0.29, 0.717) is 86.0 Å². The van der Waals surface area contributed by atoms with E-state index in [0.717, 1.165) is 69.6 Å². The topological polar surface area (TPSA) is 175 Å². The molecule has 0 radical (unpaired) electrons. The predicted molar refractivity (Wildman–Crippen MR) is 213 cm³/mol. The number of nitriles is 1. The molecule has 14 heteroatoms. The minimum atomic E-state index is -3.60. The van der Waals surface area contributed by atoms with Crippen molar-refractivity contribution in [2.45, 2.75) is 76.3 Å². The number of fused-ring (bicyclic) bond motifs is 2. The van der Waals surface area contributed by atoms with Gasteiger partial charge in [0.1, 0.15) is 22.8 Å². The number of hydrogen-bond acceptors (Lipinski definition) is 12. The van der Waals surface area contributed by atoms with Crippen LogP contribution in [-0.2, 0) is 27.8 Å². The van der Waals surface area contributed by atoms with Gasteiger partial charge in [0.15, 0.2) is 5.58 Å². The van der Waals surface area contributed by atoms with Crippen molar-refractivity contribution in [3.63, 3.8) is 0 Å². The number of carbonyl (C=O) groups is 1. The van der Waals surface area contributed by atoms with Crippen LogP contribution in [0.1, 0.15) is 71.7 Å². The number of sulfonamides is 1. The van der Waals surface area contributed by atoms with Gasteiger partial charge in [-0.15, -0.1) is 0 Å². The van der Waals surface area contributed by atoms with E-state index >= 15 is 0 Å². The van der Waals surface area contributed by atoms with Gasteiger partial charge in [-0.3, -0.25) is 24.3 Å². The summed E-state index contributed by atoms with van der Waals surface area (Å²) < 4.78 is 39.3. The second-order valence-electron chi connectivity index (χ2n) is 15.9. The van der Waals surface area contributed by atoms with Crippen LogP contribution in [0.25, 0.3) is 44.9 Å². The maximum atomic E-state index is 12.9. The van der Waals surface area contributed by atoms with E-state index < -0.39 is 27.1 Å². The molecule has 3 atom stereocenters. The second kappa shape index (κ2) is 14.6. The molecular weight excluding hydrogens is 743 g/mol. The number of aliphatic hydroxyl groups is 1. The average molecular weight is 788 g/mol. The predicted octanol–water partition coefficient (Wildman–Crippen LogP) is 5.60. The average Bonchev–Trinajstić information content (AvgIpc) is 3.47. The summed E-state index contributed by atoms with van der Waals surface area (Å²) in [6.07, 6.45) is 5.50. The summed E-state index contributed by atoms with van der Waals surface area (Å²) in [5, 5.41) is 20.0. The van der Waals surface area contributed by atoms with Gasteiger partial charge in [0.05, 0.1) is 36.3 Å². The fourth-order valence-electron chi connectivity index (χ4n) is 9.04. The molecule has 13 nitrogen and oxygen atoms in total. The number of amides is 1. The number of hydrogen-bond donors (Lipinski definition) is 2. The molecule has 57 heavy (non-hydrogen) atoms. The molecule has 3 fully saturated rings. The lowest BCUT2D eigenvalue weighted by molar-refractivity contribution is -0.122. The van der Waals surface area contributed by atoms with Crippen LogP contribution >= 0.6 is 0 Å². The number of β-amino-alcohol motifs (C(OH)–C–C–N with tert-alkyl or cyclic N) is 1. The molecule has 2 aliphatic heterocycles. The second-order valence-corrected chi connectivity index (χ2v) is 17.9. The molecule has 0 unspecified atom stereocenters. The van der Waals surface area contributed by atoms with E-state index in [4.69, 9.17) is 24.1 Å². The minimum Gasteiger partial charge on any atom is -0.480 e. The molecular formula is C43H45N7O6S. The van der Waals surface area contributed by atoms with Crippen LogP contribution in [0, 0.1) is 31.1 Å². The Bertz CT molecular complexity index is 2580. The van der Waals surface area contributed by atoms with Crippen LogP contribution in [0.15, 0.2) is 53.1 Å². The highest BCUT2D eigenvalue weighted by atomic mass is 32.2. The summed E-state index contributed by atoms with van der Waals surface area (Å²) in [6.45, 7) is 7.22. The Hall–Kier alpha value is -5.20. The maximum Gasteiger partial charge on any atom is 0.237 e. The summed E-state index contributed by atoms with van der Waals surface area (Å²) in [6, 6.07) is 16.6. The number of methoxy groups -OCH3 is 1. The van der Waals surface area contributed by atoms with Gasteiger partial charge in [-0.2, -0.15) is 5.26 Å². The Morgan fingerprint density at radius 2 is 1.74 bits per heavy atom. The molecule has 3 aromatic carbocycles. The molecule has 4 heterocycles. The summed E-state index contributed by atoms with van der Waals surface area (Å²) in [7, 11) is -2.00. The summed E-state index contributed by atoms with van der Waals surface area (Å²) >= 11 is 0. The zero-order valence-electron chi connectivity index (χ0n) is 32.3. The van der Waals surface area contributed by atoms with E-state index in [9.17, 15) is 23.6 Å². The lowest BCUT2D eigenvalue weighted by atomic mass is 9.90. The first-order valence-electron chi connectivity index (χ1n) is 19.7. The van der Waals surface area contributed by atoms with E-state index in [1.807, 2.05) is 30.3 Å². The molecule has 0 spiro atoms. The highest BCUT2D eigenvalue weighted by molar-refractivity contribution is 7.90. The van der Waals surface area contributed by atoms with Gasteiger partial charge in [-0.25, -0.2) is 18.4 Å². The third-order valence-electron chi connectivity index (χ3n) is 12.3. The quantitative estimate of drug-likeness (QED) is 0.180. The fraction of sp³-hybridized carbons (Fsp3) is 0.419. The number of carbonyl (C=O) groups excluding carboxylic acids is 1. The van der Waals surface area contributed by atoms with E-state index in [1.54, 1.807) is 13.3 Å². The van der Waals surface area contributed by atoms with E-state index in [-0.39, 0.29) is 12.1 Å². The van der Waals surface area contributed by atoms with Gasteiger partial charge in [-0.05, 0) is 104 Å². The van der Waals surface area contributed by atoms with Crippen molar-refractivity contribution in [2.75, 3.05) is 33.3 Å². The molecule has 0 bridgehead atoms. The summed E-state index contributed by atoms with van der Waals surface area (Å²) in [5.74, 6) is 0.0738. The largest absolute Gasteiger partial charge is 0.480 e. The van der Waals surface area contributed by atoms with Crippen LogP contribution in [0.5, 0.6) is 5.88 Å². The first-order chi connectivity index (χ1) is 27.5. The zero-order valence-corrected chi connectivity index (χ0v) is 33.1. The van der Waals surface area contributed by atoms with Crippen LogP contribution in [0.3, 0.4) is 0 Å². The van der Waals surface area contributed by atoms with Gasteiger partial charge in [-0.1, -0.05) is 30.3 Å². The molecule has 294 valence electrons. The van der Waals surface area contributed by atoms with Crippen LogP contribution < -0.4 is 9.46 Å².